The molecule has 0 saturated heterocycles. The summed E-state index contributed by atoms with van der Waals surface area (Å²) in [5, 5.41) is 10.4. The molecule has 0 bridgehead atoms. The van der Waals surface area contributed by atoms with Crippen LogP contribution in [-0.2, 0) is 6.42 Å². The Morgan fingerprint density at radius 3 is 2.45 bits per heavy atom. The van der Waals surface area contributed by atoms with Crippen molar-refractivity contribution in [3.8, 4) is 0 Å². The third-order valence-electron chi connectivity index (χ3n) is 5.28. The van der Waals surface area contributed by atoms with Gasteiger partial charge in [0, 0.05) is 23.5 Å². The summed E-state index contributed by atoms with van der Waals surface area (Å²) in [6.45, 7) is 4.57. The molecule has 2 heteroatoms. The zero-order valence-corrected chi connectivity index (χ0v) is 13.1. The zero-order chi connectivity index (χ0) is 14.2. The molecule has 1 unspecified atom stereocenters. The molecule has 0 aliphatic heterocycles. The van der Waals surface area contributed by atoms with Crippen molar-refractivity contribution in [1.82, 2.24) is 4.57 Å². The predicted octanol–water partition coefficient (Wildman–Crippen LogP) is 4.78. The van der Waals surface area contributed by atoms with E-state index in [1.807, 2.05) is 0 Å². The Balaban J connectivity index is 1.87. The molecule has 3 rings (SSSR count). The largest absolute Gasteiger partial charge is 0.388 e. The second kappa shape index (κ2) is 5.55. The molecule has 1 fully saturated rings. The Labute approximate surface area is 123 Å². The molecule has 1 N–H and O–H groups in total. The fourth-order valence-electron chi connectivity index (χ4n) is 4.21. The molecule has 1 atom stereocenters. The van der Waals surface area contributed by atoms with Crippen LogP contribution in [0.2, 0.25) is 0 Å². The normalized spacial score (nSPS) is 27.6. The van der Waals surface area contributed by atoms with E-state index in [1.54, 1.807) is 0 Å². The van der Waals surface area contributed by atoms with E-state index in [0.717, 1.165) is 12.8 Å². The highest BCUT2D eigenvalue weighted by molar-refractivity contribution is 5.29. The Kier molecular flexibility index (Phi) is 3.94. The van der Waals surface area contributed by atoms with Crippen molar-refractivity contribution in [2.75, 3.05) is 0 Å². The Morgan fingerprint density at radius 2 is 1.75 bits per heavy atom. The lowest BCUT2D eigenvalue weighted by molar-refractivity contribution is 0.0971. The van der Waals surface area contributed by atoms with Crippen LogP contribution in [0, 0.1) is 5.41 Å². The monoisotopic (exact) mass is 275 g/mol. The molecule has 1 heterocycles. The van der Waals surface area contributed by atoms with Crippen molar-refractivity contribution >= 4 is 0 Å². The summed E-state index contributed by atoms with van der Waals surface area (Å²) in [7, 11) is 0. The molecular weight excluding hydrogens is 246 g/mol. The number of hydrogen-bond donors (Lipinski definition) is 1. The first-order valence-electron chi connectivity index (χ1n) is 8.44. The summed E-state index contributed by atoms with van der Waals surface area (Å²) in [6.07, 6.45) is 13.6. The summed E-state index contributed by atoms with van der Waals surface area (Å²) in [6, 6.07) is 2.84. The number of aliphatic hydroxyl groups is 1. The number of fused-ring (bicyclic) bond motifs is 1. The highest BCUT2D eigenvalue weighted by Gasteiger charge is 2.34. The van der Waals surface area contributed by atoms with Crippen LogP contribution >= 0.6 is 0 Å². The minimum atomic E-state index is -0.261. The number of nitrogens with zero attached hydrogens (tertiary/aromatic N) is 1. The predicted molar refractivity (Wildman–Crippen MR) is 82.8 cm³/mol. The number of aliphatic hydroxyl groups excluding tert-OH is 1. The molecule has 1 saturated carbocycles. The maximum absolute atomic E-state index is 10.4. The van der Waals surface area contributed by atoms with Gasteiger partial charge in [-0.2, -0.15) is 0 Å². The van der Waals surface area contributed by atoms with Gasteiger partial charge in [-0.3, -0.25) is 0 Å². The van der Waals surface area contributed by atoms with E-state index in [4.69, 9.17) is 0 Å². The van der Waals surface area contributed by atoms with Gasteiger partial charge in [0.05, 0.1) is 6.10 Å². The summed E-state index contributed by atoms with van der Waals surface area (Å²) >= 11 is 0. The molecule has 0 amide bonds. The van der Waals surface area contributed by atoms with Crippen molar-refractivity contribution in [3.63, 3.8) is 0 Å². The lowest BCUT2D eigenvalue weighted by atomic mass is 9.75. The van der Waals surface area contributed by atoms with Gasteiger partial charge in [0.1, 0.15) is 0 Å². The van der Waals surface area contributed by atoms with Crippen molar-refractivity contribution in [2.24, 2.45) is 5.41 Å². The number of rotatable bonds is 1. The average Bonchev–Trinajstić information content (AvgIpc) is 2.71. The SMILES string of the molecule is CC1(C)Cc2c(ccn2C2CCCCCCC2)C(O)C1. The lowest BCUT2D eigenvalue weighted by Gasteiger charge is -2.35. The molecule has 2 aliphatic rings. The fraction of sp³-hybridized carbons (Fsp3) is 0.778. The molecule has 1 aromatic rings. The second-order valence-electron chi connectivity index (χ2n) is 7.68. The van der Waals surface area contributed by atoms with Crippen LogP contribution in [0.5, 0.6) is 0 Å². The molecule has 20 heavy (non-hydrogen) atoms. The summed E-state index contributed by atoms with van der Waals surface area (Å²) in [5.41, 5.74) is 2.84. The van der Waals surface area contributed by atoms with Crippen LogP contribution in [0.1, 0.15) is 88.6 Å². The van der Waals surface area contributed by atoms with Crippen LogP contribution < -0.4 is 0 Å². The first-order valence-corrected chi connectivity index (χ1v) is 8.44. The van der Waals surface area contributed by atoms with Crippen LogP contribution in [0.3, 0.4) is 0 Å². The van der Waals surface area contributed by atoms with E-state index in [0.29, 0.717) is 6.04 Å². The van der Waals surface area contributed by atoms with Gasteiger partial charge in [-0.1, -0.05) is 46.0 Å². The molecule has 112 valence electrons. The quantitative estimate of drug-likeness (QED) is 0.784. The molecule has 2 nitrogen and oxygen atoms in total. The van der Waals surface area contributed by atoms with Crippen LogP contribution in [0.25, 0.3) is 0 Å². The molecule has 2 aliphatic carbocycles. The molecule has 1 aromatic heterocycles. The van der Waals surface area contributed by atoms with Crippen LogP contribution in [0.4, 0.5) is 0 Å². The minimum absolute atomic E-state index is 0.226. The fourth-order valence-corrected chi connectivity index (χ4v) is 4.21. The molecule has 0 spiro atoms. The minimum Gasteiger partial charge on any atom is -0.388 e. The summed E-state index contributed by atoms with van der Waals surface area (Å²) in [4.78, 5) is 0. The van der Waals surface area contributed by atoms with Crippen molar-refractivity contribution in [3.05, 3.63) is 23.5 Å². The summed E-state index contributed by atoms with van der Waals surface area (Å²) < 4.78 is 2.52. The Hall–Kier alpha value is -0.760. The maximum Gasteiger partial charge on any atom is 0.0812 e. The van der Waals surface area contributed by atoms with Gasteiger partial charge in [-0.05, 0) is 37.2 Å². The van der Waals surface area contributed by atoms with Gasteiger partial charge in [0.2, 0.25) is 0 Å². The first kappa shape index (κ1) is 14.2. The van der Waals surface area contributed by atoms with Crippen LogP contribution in [-0.4, -0.2) is 9.67 Å². The number of hydrogen-bond acceptors (Lipinski definition) is 1. The second-order valence-corrected chi connectivity index (χ2v) is 7.68. The smallest absolute Gasteiger partial charge is 0.0812 e. The van der Waals surface area contributed by atoms with Gasteiger partial charge in [0.25, 0.3) is 0 Å². The molecule has 0 radical (unpaired) electrons. The van der Waals surface area contributed by atoms with Gasteiger partial charge in [-0.25, -0.2) is 0 Å². The first-order chi connectivity index (χ1) is 9.57. The van der Waals surface area contributed by atoms with E-state index in [2.05, 4.69) is 30.7 Å². The van der Waals surface area contributed by atoms with Gasteiger partial charge in [-0.15, -0.1) is 0 Å². The van der Waals surface area contributed by atoms with Gasteiger partial charge in [0.15, 0.2) is 0 Å². The van der Waals surface area contributed by atoms with E-state index in [9.17, 15) is 5.11 Å². The molecule has 0 aromatic carbocycles. The average molecular weight is 275 g/mol. The van der Waals surface area contributed by atoms with Crippen molar-refractivity contribution in [2.45, 2.75) is 83.8 Å². The maximum atomic E-state index is 10.4. The highest BCUT2D eigenvalue weighted by Crippen LogP contribution is 2.42. The van der Waals surface area contributed by atoms with E-state index in [-0.39, 0.29) is 11.5 Å². The zero-order valence-electron chi connectivity index (χ0n) is 13.1. The van der Waals surface area contributed by atoms with Crippen molar-refractivity contribution in [1.29, 1.82) is 0 Å². The van der Waals surface area contributed by atoms with Gasteiger partial charge < -0.3 is 9.67 Å². The lowest BCUT2D eigenvalue weighted by Crippen LogP contribution is -2.27. The van der Waals surface area contributed by atoms with E-state index >= 15 is 0 Å². The number of aromatic nitrogens is 1. The Bertz CT molecular complexity index is 452. The van der Waals surface area contributed by atoms with Crippen molar-refractivity contribution < 1.29 is 5.11 Å². The topological polar surface area (TPSA) is 25.2 Å². The highest BCUT2D eigenvalue weighted by atomic mass is 16.3. The summed E-state index contributed by atoms with van der Waals surface area (Å²) in [5.74, 6) is 0. The van der Waals surface area contributed by atoms with E-state index < -0.39 is 0 Å². The van der Waals surface area contributed by atoms with Gasteiger partial charge >= 0.3 is 0 Å². The third-order valence-corrected chi connectivity index (χ3v) is 5.28. The molecular formula is C18H29NO. The Morgan fingerprint density at radius 1 is 1.10 bits per heavy atom. The van der Waals surface area contributed by atoms with E-state index in [1.165, 1.54) is 56.2 Å². The third kappa shape index (κ3) is 2.81. The standard InChI is InChI=1S/C18H29NO/c1-18(2)12-16-15(17(20)13-18)10-11-19(16)14-8-6-4-3-5-7-9-14/h10-11,14,17,20H,3-9,12-13H2,1-2H3. The van der Waals surface area contributed by atoms with Crippen LogP contribution in [0.15, 0.2) is 12.3 Å².